The van der Waals surface area contributed by atoms with E-state index in [9.17, 15) is 0 Å². The summed E-state index contributed by atoms with van der Waals surface area (Å²) in [6.45, 7) is 0. The first-order valence-corrected chi connectivity index (χ1v) is 7.74. The summed E-state index contributed by atoms with van der Waals surface area (Å²) in [6, 6.07) is 16.9. The maximum atomic E-state index is 3.61. The van der Waals surface area contributed by atoms with Gasteiger partial charge in [-0.15, -0.1) is 0 Å². The third-order valence-corrected chi connectivity index (χ3v) is 6.77. The average molecular weight is 391 g/mol. The molecule has 0 saturated carbocycles. The first-order chi connectivity index (χ1) is 7.27. The summed E-state index contributed by atoms with van der Waals surface area (Å²) in [5.41, 5.74) is 0. The molecule has 0 amide bonds. The van der Waals surface area contributed by atoms with Crippen molar-refractivity contribution < 1.29 is 0 Å². The predicted molar refractivity (Wildman–Crippen MR) is 73.3 cm³/mol. The van der Waals surface area contributed by atoms with E-state index in [-0.39, 0.29) is 0 Å². The Kier molecular flexibility index (Phi) is 4.04. The van der Waals surface area contributed by atoms with Gasteiger partial charge in [-0.1, -0.05) is 0 Å². The van der Waals surface area contributed by atoms with E-state index < -0.39 is 0 Å². The summed E-state index contributed by atoms with van der Waals surface area (Å²) in [5, 5.41) is 0. The zero-order valence-corrected chi connectivity index (χ0v) is 12.7. The zero-order chi connectivity index (χ0) is 10.7. The molecule has 3 heteroatoms. The van der Waals surface area contributed by atoms with Crippen LogP contribution in [0.5, 0.6) is 0 Å². The van der Waals surface area contributed by atoms with Crippen LogP contribution in [0.1, 0.15) is 0 Å². The van der Waals surface area contributed by atoms with Gasteiger partial charge in [-0.2, -0.15) is 0 Å². The Labute approximate surface area is 113 Å². The van der Waals surface area contributed by atoms with E-state index in [4.69, 9.17) is 0 Å². The molecule has 0 aliphatic heterocycles. The molecule has 2 aromatic carbocycles. The molecule has 0 radical (unpaired) electrons. The second-order valence-corrected chi connectivity index (χ2v) is 6.95. The third kappa shape index (κ3) is 2.94. The summed E-state index contributed by atoms with van der Waals surface area (Å²) in [5.74, 6) is 0. The molecule has 0 saturated heterocycles. The van der Waals surface area contributed by atoms with E-state index >= 15 is 0 Å². The molecule has 15 heavy (non-hydrogen) atoms. The Bertz CT molecular complexity index is 454. The Morgan fingerprint density at radius 1 is 0.800 bits per heavy atom. The number of hydrogen-bond donors (Lipinski definition) is 0. The molecular formula is C12H8Br2Se. The summed E-state index contributed by atoms with van der Waals surface area (Å²) >= 11 is 7.49. The van der Waals surface area contributed by atoms with Crippen LogP contribution >= 0.6 is 31.9 Å². The Morgan fingerprint density at radius 2 is 1.53 bits per heavy atom. The van der Waals surface area contributed by atoms with E-state index in [2.05, 4.69) is 80.4 Å². The van der Waals surface area contributed by atoms with E-state index in [1.165, 1.54) is 13.4 Å². The molecule has 2 rings (SSSR count). The molecule has 0 atom stereocenters. The van der Waals surface area contributed by atoms with Gasteiger partial charge in [0, 0.05) is 0 Å². The summed E-state index contributed by atoms with van der Waals surface area (Å²) in [6.07, 6.45) is 0. The fourth-order valence-corrected chi connectivity index (χ4v) is 4.40. The summed E-state index contributed by atoms with van der Waals surface area (Å²) in [4.78, 5) is 0. The molecule has 0 fully saturated rings. The van der Waals surface area contributed by atoms with Crippen LogP contribution < -0.4 is 8.92 Å². The molecule has 0 aliphatic carbocycles. The first kappa shape index (κ1) is 11.4. The third-order valence-electron chi connectivity index (χ3n) is 1.89. The number of hydrogen-bond acceptors (Lipinski definition) is 0. The van der Waals surface area contributed by atoms with Gasteiger partial charge in [0.2, 0.25) is 0 Å². The zero-order valence-electron chi connectivity index (χ0n) is 7.78. The quantitative estimate of drug-likeness (QED) is 0.692. The molecule has 0 heterocycles. The van der Waals surface area contributed by atoms with Gasteiger partial charge in [-0.3, -0.25) is 0 Å². The second kappa shape index (κ2) is 5.31. The van der Waals surface area contributed by atoms with Gasteiger partial charge in [0.15, 0.2) is 0 Å². The molecule has 0 N–H and O–H groups in total. The summed E-state index contributed by atoms with van der Waals surface area (Å²) in [7, 11) is 0. The van der Waals surface area contributed by atoms with Crippen molar-refractivity contribution in [1.29, 1.82) is 0 Å². The van der Waals surface area contributed by atoms with Crippen LogP contribution in [0.25, 0.3) is 0 Å². The SMILES string of the molecule is Brc1cccc([Se]c2ccccc2)c1Br. The van der Waals surface area contributed by atoms with Crippen molar-refractivity contribution >= 4 is 55.7 Å². The Morgan fingerprint density at radius 3 is 2.27 bits per heavy atom. The minimum atomic E-state index is 0.365. The predicted octanol–water partition coefficient (Wildman–Crippen LogP) is 2.87. The fraction of sp³-hybridized carbons (Fsp3) is 0. The number of benzene rings is 2. The van der Waals surface area contributed by atoms with Crippen molar-refractivity contribution in [1.82, 2.24) is 0 Å². The fourth-order valence-electron chi connectivity index (χ4n) is 1.18. The summed E-state index contributed by atoms with van der Waals surface area (Å²) < 4.78 is 5.05. The van der Waals surface area contributed by atoms with Crippen molar-refractivity contribution in [3.63, 3.8) is 0 Å². The van der Waals surface area contributed by atoms with Crippen molar-refractivity contribution in [2.24, 2.45) is 0 Å². The van der Waals surface area contributed by atoms with Gasteiger partial charge >= 0.3 is 113 Å². The average Bonchev–Trinajstić information content (AvgIpc) is 2.26. The molecule has 0 aliphatic rings. The van der Waals surface area contributed by atoms with Gasteiger partial charge in [0.1, 0.15) is 0 Å². The van der Waals surface area contributed by atoms with Crippen molar-refractivity contribution in [3.8, 4) is 0 Å². The molecule has 2 aromatic rings. The molecule has 0 nitrogen and oxygen atoms in total. The van der Waals surface area contributed by atoms with Gasteiger partial charge in [0.05, 0.1) is 0 Å². The van der Waals surface area contributed by atoms with Gasteiger partial charge in [-0.05, 0) is 0 Å². The van der Waals surface area contributed by atoms with Crippen LogP contribution in [0.15, 0.2) is 57.5 Å². The Balaban J connectivity index is 2.29. The van der Waals surface area contributed by atoms with Crippen LogP contribution in [-0.2, 0) is 0 Å². The molecule has 0 bridgehead atoms. The van der Waals surface area contributed by atoms with E-state index in [0.29, 0.717) is 15.0 Å². The van der Waals surface area contributed by atoms with Crippen molar-refractivity contribution in [2.75, 3.05) is 0 Å². The van der Waals surface area contributed by atoms with Crippen LogP contribution in [-0.4, -0.2) is 15.0 Å². The van der Waals surface area contributed by atoms with E-state index in [1.54, 1.807) is 0 Å². The standard InChI is InChI=1S/C12H8Br2Se/c13-10-7-4-8-11(12(10)14)15-9-5-2-1-3-6-9/h1-8H. The monoisotopic (exact) mass is 390 g/mol. The van der Waals surface area contributed by atoms with Crippen LogP contribution in [0.4, 0.5) is 0 Å². The minimum absolute atomic E-state index is 0.365. The first-order valence-electron chi connectivity index (χ1n) is 4.44. The second-order valence-electron chi connectivity index (χ2n) is 2.97. The van der Waals surface area contributed by atoms with Gasteiger partial charge in [0.25, 0.3) is 0 Å². The number of halogens is 2. The van der Waals surface area contributed by atoms with E-state index in [0.717, 1.165) is 4.47 Å². The molecular weight excluding hydrogens is 383 g/mol. The van der Waals surface area contributed by atoms with Gasteiger partial charge < -0.3 is 0 Å². The molecule has 0 aromatic heterocycles. The van der Waals surface area contributed by atoms with Crippen LogP contribution in [0.2, 0.25) is 0 Å². The Hall–Kier alpha value is -0.0805. The topological polar surface area (TPSA) is 0 Å². The normalized spacial score (nSPS) is 10.3. The van der Waals surface area contributed by atoms with E-state index in [1.807, 2.05) is 0 Å². The van der Waals surface area contributed by atoms with Crippen molar-refractivity contribution in [2.45, 2.75) is 0 Å². The van der Waals surface area contributed by atoms with Crippen LogP contribution in [0, 0.1) is 0 Å². The van der Waals surface area contributed by atoms with Crippen LogP contribution in [0.3, 0.4) is 0 Å². The molecule has 76 valence electrons. The number of rotatable bonds is 2. The molecule has 0 spiro atoms. The van der Waals surface area contributed by atoms with Crippen molar-refractivity contribution in [3.05, 3.63) is 57.5 Å². The van der Waals surface area contributed by atoms with Gasteiger partial charge in [-0.25, -0.2) is 0 Å². The maximum absolute atomic E-state index is 3.61. The molecule has 0 unspecified atom stereocenters.